The average Bonchev–Trinajstić information content (AvgIpc) is 2.57. The molecule has 1 aromatic heterocycles. The zero-order chi connectivity index (χ0) is 17.1. The van der Waals surface area contributed by atoms with E-state index in [1.54, 1.807) is 0 Å². The van der Waals surface area contributed by atoms with Gasteiger partial charge in [-0.25, -0.2) is 0 Å². The van der Waals surface area contributed by atoms with E-state index in [-0.39, 0.29) is 5.91 Å². The Bertz CT molecular complexity index is 865. The minimum absolute atomic E-state index is 0.140. The monoisotopic (exact) mass is 316 g/mol. The summed E-state index contributed by atoms with van der Waals surface area (Å²) in [5.74, 6) is -0.140. The second-order valence-corrected chi connectivity index (χ2v) is 6.02. The molecule has 3 heteroatoms. The molecule has 0 fully saturated rings. The molecular formula is C21H20N2O. The van der Waals surface area contributed by atoms with Gasteiger partial charge in [0.1, 0.15) is 0 Å². The van der Waals surface area contributed by atoms with Gasteiger partial charge in [0.05, 0.1) is 17.0 Å². The first kappa shape index (κ1) is 15.9. The summed E-state index contributed by atoms with van der Waals surface area (Å²) in [6, 6.07) is 19.7. The van der Waals surface area contributed by atoms with Crippen LogP contribution in [0.25, 0.3) is 11.3 Å². The molecule has 2 aromatic carbocycles. The second kappa shape index (κ2) is 6.67. The summed E-state index contributed by atoms with van der Waals surface area (Å²) in [6.07, 6.45) is 0. The van der Waals surface area contributed by atoms with Crippen LogP contribution in [0.5, 0.6) is 0 Å². The number of nitrogens with one attached hydrogen (secondary N) is 1. The number of aromatic nitrogens is 1. The molecule has 0 atom stereocenters. The van der Waals surface area contributed by atoms with Crippen LogP contribution in [0.15, 0.2) is 60.7 Å². The number of hydrogen-bond acceptors (Lipinski definition) is 2. The van der Waals surface area contributed by atoms with E-state index in [4.69, 9.17) is 0 Å². The number of nitrogens with zero attached hydrogens (tertiary/aromatic N) is 1. The Morgan fingerprint density at radius 3 is 1.96 bits per heavy atom. The lowest BCUT2D eigenvalue weighted by atomic mass is 10.1. The SMILES string of the molecule is Cc1ccc(NC(=O)c2ccc(-c3ccc(C)cc3)nc2C)cc1. The maximum absolute atomic E-state index is 12.5. The highest BCUT2D eigenvalue weighted by Crippen LogP contribution is 2.20. The molecular weight excluding hydrogens is 296 g/mol. The molecule has 1 heterocycles. The van der Waals surface area contributed by atoms with Gasteiger partial charge in [-0.3, -0.25) is 9.78 Å². The molecule has 0 spiro atoms. The van der Waals surface area contributed by atoms with Gasteiger partial charge in [0, 0.05) is 11.3 Å². The summed E-state index contributed by atoms with van der Waals surface area (Å²) >= 11 is 0. The molecule has 3 nitrogen and oxygen atoms in total. The van der Waals surface area contributed by atoms with Crippen molar-refractivity contribution in [1.82, 2.24) is 4.98 Å². The van der Waals surface area contributed by atoms with Crippen molar-refractivity contribution in [3.05, 3.63) is 83.0 Å². The molecule has 120 valence electrons. The molecule has 24 heavy (non-hydrogen) atoms. The maximum Gasteiger partial charge on any atom is 0.257 e. The van der Waals surface area contributed by atoms with Crippen molar-refractivity contribution in [2.24, 2.45) is 0 Å². The molecule has 0 aliphatic rings. The minimum atomic E-state index is -0.140. The minimum Gasteiger partial charge on any atom is -0.322 e. The van der Waals surface area contributed by atoms with E-state index in [0.717, 1.165) is 28.2 Å². The van der Waals surface area contributed by atoms with Crippen molar-refractivity contribution in [2.45, 2.75) is 20.8 Å². The molecule has 0 bridgehead atoms. The van der Waals surface area contributed by atoms with Gasteiger partial charge in [0.25, 0.3) is 5.91 Å². The van der Waals surface area contributed by atoms with Gasteiger partial charge in [-0.15, -0.1) is 0 Å². The standard InChI is InChI=1S/C21H20N2O/c1-14-4-8-17(9-5-14)20-13-12-19(16(3)22-20)21(24)23-18-10-6-15(2)7-11-18/h4-13H,1-3H3,(H,23,24). The van der Waals surface area contributed by atoms with Gasteiger partial charge < -0.3 is 5.32 Å². The Balaban J connectivity index is 1.82. The Morgan fingerprint density at radius 1 is 0.792 bits per heavy atom. The van der Waals surface area contributed by atoms with Crippen LogP contribution < -0.4 is 5.32 Å². The fourth-order valence-electron chi connectivity index (χ4n) is 2.52. The van der Waals surface area contributed by atoms with E-state index >= 15 is 0 Å². The second-order valence-electron chi connectivity index (χ2n) is 6.02. The summed E-state index contributed by atoms with van der Waals surface area (Å²) in [6.45, 7) is 5.94. The highest BCUT2D eigenvalue weighted by molar-refractivity contribution is 6.05. The molecule has 0 saturated heterocycles. The molecule has 0 saturated carbocycles. The van der Waals surface area contributed by atoms with Crippen LogP contribution in [0.1, 0.15) is 27.2 Å². The largest absolute Gasteiger partial charge is 0.322 e. The van der Waals surface area contributed by atoms with Crippen LogP contribution in [-0.4, -0.2) is 10.9 Å². The zero-order valence-corrected chi connectivity index (χ0v) is 14.1. The number of amides is 1. The molecule has 3 rings (SSSR count). The Hall–Kier alpha value is -2.94. The van der Waals surface area contributed by atoms with Crippen LogP contribution in [0.4, 0.5) is 5.69 Å². The number of rotatable bonds is 3. The fraction of sp³-hybridized carbons (Fsp3) is 0.143. The summed E-state index contributed by atoms with van der Waals surface area (Å²) in [5.41, 5.74) is 6.39. The first-order valence-electron chi connectivity index (χ1n) is 7.95. The lowest BCUT2D eigenvalue weighted by Crippen LogP contribution is -2.14. The third-order valence-electron chi connectivity index (χ3n) is 3.99. The summed E-state index contributed by atoms with van der Waals surface area (Å²) in [7, 11) is 0. The lowest BCUT2D eigenvalue weighted by Gasteiger charge is -2.09. The number of pyridine rings is 1. The Morgan fingerprint density at radius 2 is 1.38 bits per heavy atom. The number of carbonyl (C=O) groups is 1. The van der Waals surface area contributed by atoms with Crippen LogP contribution in [-0.2, 0) is 0 Å². The summed E-state index contributed by atoms with van der Waals surface area (Å²) in [4.78, 5) is 17.1. The topological polar surface area (TPSA) is 42.0 Å². The number of hydrogen-bond donors (Lipinski definition) is 1. The molecule has 0 unspecified atom stereocenters. The smallest absolute Gasteiger partial charge is 0.257 e. The highest BCUT2D eigenvalue weighted by atomic mass is 16.1. The zero-order valence-electron chi connectivity index (χ0n) is 14.1. The maximum atomic E-state index is 12.5. The number of aryl methyl sites for hydroxylation is 3. The third-order valence-corrected chi connectivity index (χ3v) is 3.99. The van der Waals surface area contributed by atoms with Crippen LogP contribution in [0.3, 0.4) is 0 Å². The van der Waals surface area contributed by atoms with Crippen molar-refractivity contribution in [1.29, 1.82) is 0 Å². The van der Waals surface area contributed by atoms with E-state index in [2.05, 4.69) is 29.4 Å². The fourth-order valence-corrected chi connectivity index (χ4v) is 2.52. The number of benzene rings is 2. The number of carbonyl (C=O) groups excluding carboxylic acids is 1. The van der Waals surface area contributed by atoms with Gasteiger partial charge in [0.15, 0.2) is 0 Å². The Kier molecular flexibility index (Phi) is 4.43. The van der Waals surface area contributed by atoms with Gasteiger partial charge in [0.2, 0.25) is 0 Å². The van der Waals surface area contributed by atoms with Gasteiger partial charge in [-0.2, -0.15) is 0 Å². The van der Waals surface area contributed by atoms with E-state index in [0.29, 0.717) is 5.56 Å². The van der Waals surface area contributed by atoms with Gasteiger partial charge >= 0.3 is 0 Å². The normalized spacial score (nSPS) is 10.5. The average molecular weight is 316 g/mol. The van der Waals surface area contributed by atoms with Crippen molar-refractivity contribution >= 4 is 11.6 Å². The predicted octanol–water partition coefficient (Wildman–Crippen LogP) is 4.93. The molecule has 1 N–H and O–H groups in total. The van der Waals surface area contributed by atoms with E-state index in [9.17, 15) is 4.79 Å². The van der Waals surface area contributed by atoms with E-state index < -0.39 is 0 Å². The molecule has 3 aromatic rings. The first-order valence-corrected chi connectivity index (χ1v) is 7.95. The summed E-state index contributed by atoms with van der Waals surface area (Å²) < 4.78 is 0. The third kappa shape index (κ3) is 3.51. The quantitative estimate of drug-likeness (QED) is 0.744. The van der Waals surface area contributed by atoms with E-state index in [1.165, 1.54) is 5.56 Å². The summed E-state index contributed by atoms with van der Waals surface area (Å²) in [5, 5.41) is 2.91. The Labute approximate surface area is 142 Å². The van der Waals surface area contributed by atoms with Crippen LogP contribution in [0, 0.1) is 20.8 Å². The van der Waals surface area contributed by atoms with Crippen molar-refractivity contribution in [2.75, 3.05) is 5.32 Å². The molecule has 1 amide bonds. The van der Waals surface area contributed by atoms with Crippen molar-refractivity contribution in [3.8, 4) is 11.3 Å². The molecule has 0 aliphatic carbocycles. The first-order chi connectivity index (χ1) is 11.5. The van der Waals surface area contributed by atoms with E-state index in [1.807, 2.05) is 62.4 Å². The van der Waals surface area contributed by atoms with Crippen LogP contribution in [0.2, 0.25) is 0 Å². The lowest BCUT2D eigenvalue weighted by molar-refractivity contribution is 0.102. The molecule has 0 radical (unpaired) electrons. The van der Waals surface area contributed by atoms with Gasteiger partial charge in [-0.05, 0) is 45.0 Å². The van der Waals surface area contributed by atoms with Crippen molar-refractivity contribution in [3.63, 3.8) is 0 Å². The highest BCUT2D eigenvalue weighted by Gasteiger charge is 2.11. The molecule has 0 aliphatic heterocycles. The van der Waals surface area contributed by atoms with Gasteiger partial charge in [-0.1, -0.05) is 47.5 Å². The van der Waals surface area contributed by atoms with Crippen LogP contribution >= 0.6 is 0 Å². The predicted molar refractivity (Wildman–Crippen MR) is 98.3 cm³/mol. The number of anilines is 1. The van der Waals surface area contributed by atoms with Crippen molar-refractivity contribution < 1.29 is 4.79 Å².